The van der Waals surface area contributed by atoms with E-state index >= 15 is 0 Å². The smallest absolute Gasteiger partial charge is 0.177 e. The van der Waals surface area contributed by atoms with E-state index < -0.39 is 17.0 Å². The van der Waals surface area contributed by atoms with Crippen LogP contribution in [0.15, 0.2) is 63.6 Å². The van der Waals surface area contributed by atoms with E-state index in [-0.39, 0.29) is 5.78 Å². The van der Waals surface area contributed by atoms with Crippen LogP contribution in [0.3, 0.4) is 0 Å². The molecular formula is C18H12BrFN2OS. The maximum atomic E-state index is 13.9. The summed E-state index contributed by atoms with van der Waals surface area (Å²) in [5.74, 6) is -1.12. The van der Waals surface area contributed by atoms with E-state index in [1.807, 2.05) is 6.07 Å². The second-order valence-electron chi connectivity index (χ2n) is 5.31. The number of benzene rings is 2. The highest BCUT2D eigenvalue weighted by Crippen LogP contribution is 2.47. The highest BCUT2D eigenvalue weighted by Gasteiger charge is 2.41. The summed E-state index contributed by atoms with van der Waals surface area (Å²) in [5.41, 5.74) is 7.38. The Bertz CT molecular complexity index is 876. The molecule has 0 amide bonds. The van der Waals surface area contributed by atoms with Gasteiger partial charge >= 0.3 is 0 Å². The molecule has 0 aliphatic carbocycles. The number of carbonyl (C=O) groups excluding carboxylic acids is 1. The average molecular weight is 403 g/mol. The van der Waals surface area contributed by atoms with Gasteiger partial charge in [0, 0.05) is 11.5 Å². The third-order valence-electron chi connectivity index (χ3n) is 3.87. The van der Waals surface area contributed by atoms with E-state index in [4.69, 9.17) is 5.73 Å². The number of Topliss-reactive ketones (excluding diaryl/α,β-unsaturated/α-hetero) is 1. The van der Waals surface area contributed by atoms with Crippen molar-refractivity contribution in [2.75, 3.05) is 0 Å². The van der Waals surface area contributed by atoms with Crippen molar-refractivity contribution in [3.63, 3.8) is 0 Å². The first-order valence-electron chi connectivity index (χ1n) is 7.13. The minimum atomic E-state index is -0.581. The summed E-state index contributed by atoms with van der Waals surface area (Å²) in [4.78, 5) is 12.9. The van der Waals surface area contributed by atoms with Crippen LogP contribution in [0.4, 0.5) is 4.39 Å². The topological polar surface area (TPSA) is 66.9 Å². The molecule has 24 heavy (non-hydrogen) atoms. The molecule has 0 saturated carbocycles. The molecule has 2 atom stereocenters. The molecule has 6 heteroatoms. The van der Waals surface area contributed by atoms with Crippen LogP contribution in [0, 0.1) is 17.1 Å². The van der Waals surface area contributed by atoms with E-state index in [1.54, 1.807) is 36.4 Å². The molecule has 1 aliphatic rings. The fraction of sp³-hybridized carbons (Fsp3) is 0.111. The Morgan fingerprint density at radius 2 is 1.96 bits per heavy atom. The maximum Gasteiger partial charge on any atom is 0.177 e. The van der Waals surface area contributed by atoms with E-state index in [9.17, 15) is 14.4 Å². The summed E-state index contributed by atoms with van der Waals surface area (Å²) in [6.07, 6.45) is 0. The van der Waals surface area contributed by atoms with Crippen molar-refractivity contribution in [1.29, 1.82) is 5.26 Å². The molecule has 3 rings (SSSR count). The van der Waals surface area contributed by atoms with Gasteiger partial charge in [-0.15, -0.1) is 0 Å². The van der Waals surface area contributed by atoms with E-state index in [2.05, 4.69) is 22.0 Å². The first-order chi connectivity index (χ1) is 11.5. The average Bonchev–Trinajstić information content (AvgIpc) is 2.93. The van der Waals surface area contributed by atoms with Gasteiger partial charge in [-0.05, 0) is 33.6 Å². The van der Waals surface area contributed by atoms with Gasteiger partial charge in [-0.3, -0.25) is 4.79 Å². The minimum Gasteiger partial charge on any atom is -0.393 e. The van der Waals surface area contributed by atoms with Crippen molar-refractivity contribution in [3.05, 3.63) is 80.5 Å². The summed E-state index contributed by atoms with van der Waals surface area (Å²) in [6.45, 7) is 0. The van der Waals surface area contributed by atoms with Crippen molar-refractivity contribution in [1.82, 2.24) is 0 Å². The number of thioether (sulfide) groups is 1. The van der Waals surface area contributed by atoms with E-state index in [0.29, 0.717) is 26.2 Å². The number of carbonyl (C=O) groups is 1. The summed E-state index contributed by atoms with van der Waals surface area (Å²) in [7, 11) is 0. The molecule has 2 N–H and O–H groups in total. The van der Waals surface area contributed by atoms with Crippen molar-refractivity contribution in [2.24, 2.45) is 5.73 Å². The van der Waals surface area contributed by atoms with Crippen molar-refractivity contribution in [2.45, 2.75) is 11.2 Å². The molecule has 120 valence electrons. The van der Waals surface area contributed by atoms with Crippen LogP contribution in [0.25, 0.3) is 0 Å². The zero-order valence-electron chi connectivity index (χ0n) is 12.4. The quantitative estimate of drug-likeness (QED) is 0.774. The predicted octanol–water partition coefficient (Wildman–Crippen LogP) is 4.36. The molecule has 2 aromatic carbocycles. The molecule has 2 aromatic rings. The number of halogens is 2. The Balaban J connectivity index is 2.05. The lowest BCUT2D eigenvalue weighted by Gasteiger charge is -2.19. The van der Waals surface area contributed by atoms with E-state index in [1.165, 1.54) is 17.8 Å². The number of hydrogen-bond acceptors (Lipinski definition) is 4. The largest absolute Gasteiger partial charge is 0.393 e. The van der Waals surface area contributed by atoms with Gasteiger partial charge in [0.05, 0.1) is 26.4 Å². The molecule has 0 radical (unpaired) electrons. The van der Waals surface area contributed by atoms with Crippen LogP contribution in [-0.4, -0.2) is 11.0 Å². The Morgan fingerprint density at radius 3 is 2.58 bits per heavy atom. The van der Waals surface area contributed by atoms with Crippen molar-refractivity contribution >= 4 is 33.5 Å². The highest BCUT2D eigenvalue weighted by molar-refractivity contribution is 9.10. The second kappa shape index (κ2) is 6.80. The normalized spacial score (nSPS) is 20.0. The first-order valence-corrected chi connectivity index (χ1v) is 8.80. The lowest BCUT2D eigenvalue weighted by Crippen LogP contribution is -2.23. The number of nitrogens with zero attached hydrogens (tertiary/aromatic N) is 1. The molecule has 0 unspecified atom stereocenters. The lowest BCUT2D eigenvalue weighted by molar-refractivity contribution is 0.0985. The molecule has 0 spiro atoms. The van der Waals surface area contributed by atoms with Gasteiger partial charge in [0.2, 0.25) is 0 Å². The standard InChI is InChI=1S/C18H12BrFN2OS/c19-13-7-6-11(8-14(13)20)15-12(9-21)18(22)24-17(15)16(23)10-4-2-1-3-5-10/h1-8,15,17H,22H2/t15-,17-/m0/s1. The van der Waals surface area contributed by atoms with Crippen LogP contribution in [0.1, 0.15) is 21.8 Å². The molecule has 1 heterocycles. The monoisotopic (exact) mass is 402 g/mol. The molecule has 0 bridgehead atoms. The van der Waals surface area contributed by atoms with Gasteiger partial charge in [-0.1, -0.05) is 48.2 Å². The first kappa shape index (κ1) is 16.7. The zero-order valence-corrected chi connectivity index (χ0v) is 14.8. The van der Waals surface area contributed by atoms with Crippen LogP contribution in [-0.2, 0) is 0 Å². The summed E-state index contributed by atoms with van der Waals surface area (Å²) >= 11 is 4.28. The van der Waals surface area contributed by atoms with Crippen LogP contribution < -0.4 is 5.73 Å². The van der Waals surface area contributed by atoms with Gasteiger partial charge < -0.3 is 5.73 Å². The summed E-state index contributed by atoms with van der Waals surface area (Å²) < 4.78 is 14.3. The van der Waals surface area contributed by atoms with E-state index in [0.717, 1.165) is 0 Å². The SMILES string of the molecule is N#CC1=C(N)S[C@H](C(=O)c2ccccc2)[C@H]1c1ccc(Br)c(F)c1. The second-order valence-corrected chi connectivity index (χ2v) is 7.35. The Labute approximate surface area is 151 Å². The number of nitriles is 1. The third-order valence-corrected chi connectivity index (χ3v) is 5.73. The van der Waals surface area contributed by atoms with Crippen molar-refractivity contribution in [3.8, 4) is 6.07 Å². The third kappa shape index (κ3) is 2.97. The molecule has 0 saturated heterocycles. The minimum absolute atomic E-state index is 0.123. The zero-order chi connectivity index (χ0) is 17.3. The predicted molar refractivity (Wildman–Crippen MR) is 95.8 cm³/mol. The molecule has 0 aromatic heterocycles. The Hall–Kier alpha value is -2.10. The molecular weight excluding hydrogens is 391 g/mol. The summed E-state index contributed by atoms with van der Waals surface area (Å²) in [5, 5.41) is 9.19. The number of ketones is 1. The van der Waals surface area contributed by atoms with Crippen molar-refractivity contribution < 1.29 is 9.18 Å². The van der Waals surface area contributed by atoms with Gasteiger partial charge in [-0.25, -0.2) is 4.39 Å². The fourth-order valence-corrected chi connectivity index (χ4v) is 4.21. The van der Waals surface area contributed by atoms with Gasteiger partial charge in [0.25, 0.3) is 0 Å². The maximum absolute atomic E-state index is 13.9. The molecule has 0 fully saturated rings. The highest BCUT2D eigenvalue weighted by atomic mass is 79.9. The number of allylic oxidation sites excluding steroid dienone is 1. The number of nitrogens with two attached hydrogens (primary N) is 1. The molecule has 3 nitrogen and oxygen atoms in total. The Morgan fingerprint density at radius 1 is 1.25 bits per heavy atom. The van der Waals surface area contributed by atoms with Gasteiger partial charge in [0.15, 0.2) is 5.78 Å². The number of rotatable bonds is 3. The van der Waals surface area contributed by atoms with Crippen LogP contribution in [0.2, 0.25) is 0 Å². The van der Waals surface area contributed by atoms with Gasteiger partial charge in [-0.2, -0.15) is 5.26 Å². The van der Waals surface area contributed by atoms with Crippen LogP contribution >= 0.6 is 27.7 Å². The Kier molecular flexibility index (Phi) is 4.74. The number of hydrogen-bond donors (Lipinski definition) is 1. The van der Waals surface area contributed by atoms with Gasteiger partial charge in [0.1, 0.15) is 5.82 Å². The van der Waals surface area contributed by atoms with Crippen LogP contribution in [0.5, 0.6) is 0 Å². The lowest BCUT2D eigenvalue weighted by atomic mass is 9.86. The fourth-order valence-electron chi connectivity index (χ4n) is 2.72. The summed E-state index contributed by atoms with van der Waals surface area (Å²) in [6, 6.07) is 15.5. The molecule has 1 aliphatic heterocycles.